The average molecular weight is 219 g/mol. The maximum atomic E-state index is 9.47. The molecule has 92 valence electrons. The zero-order valence-corrected chi connectivity index (χ0v) is 10.1. The van der Waals surface area contributed by atoms with Crippen LogP contribution in [0, 0.1) is 0 Å². The first-order valence-corrected chi connectivity index (χ1v) is 5.70. The Hall–Kier alpha value is -0.160. The Morgan fingerprint density at radius 1 is 1.20 bits per heavy atom. The van der Waals surface area contributed by atoms with Gasteiger partial charge in [-0.2, -0.15) is 0 Å². The number of nitrogens with one attached hydrogen (secondary N) is 1. The molecule has 0 aromatic heterocycles. The van der Waals surface area contributed by atoms with Crippen LogP contribution in [0.1, 0.15) is 33.6 Å². The Morgan fingerprint density at radius 3 is 2.40 bits per heavy atom. The van der Waals surface area contributed by atoms with Crippen molar-refractivity contribution in [3.05, 3.63) is 0 Å². The lowest BCUT2D eigenvalue weighted by atomic mass is 10.2. The van der Waals surface area contributed by atoms with Crippen molar-refractivity contribution in [3.63, 3.8) is 0 Å². The number of hydrogen-bond donors (Lipinski definition) is 3. The van der Waals surface area contributed by atoms with Crippen LogP contribution in [0.25, 0.3) is 0 Å². The average Bonchev–Trinajstić information content (AvgIpc) is 2.13. The van der Waals surface area contributed by atoms with Crippen LogP contribution in [0.5, 0.6) is 0 Å². The number of aliphatic hydroxyl groups excluding tert-OH is 2. The normalized spacial score (nSPS) is 15.6. The van der Waals surface area contributed by atoms with Gasteiger partial charge in [0.05, 0.1) is 24.9 Å². The van der Waals surface area contributed by atoms with E-state index < -0.39 is 6.10 Å². The molecule has 0 amide bonds. The maximum Gasteiger partial charge on any atom is 0.0897 e. The van der Waals surface area contributed by atoms with Crippen molar-refractivity contribution in [2.24, 2.45) is 0 Å². The minimum absolute atomic E-state index is 0.162. The standard InChI is InChI=1S/C11H25NO3/c1-9(2)15-8-11(14)7-12-6-4-5-10(3)13/h9-14H,4-8H2,1-3H3. The van der Waals surface area contributed by atoms with Gasteiger partial charge in [-0.1, -0.05) is 0 Å². The van der Waals surface area contributed by atoms with E-state index >= 15 is 0 Å². The fourth-order valence-electron chi connectivity index (χ4n) is 1.15. The summed E-state index contributed by atoms with van der Waals surface area (Å²) < 4.78 is 5.27. The van der Waals surface area contributed by atoms with Gasteiger partial charge in [0.1, 0.15) is 0 Å². The Kier molecular flexibility index (Phi) is 9.00. The fourth-order valence-corrected chi connectivity index (χ4v) is 1.15. The zero-order valence-electron chi connectivity index (χ0n) is 10.1. The molecule has 0 aromatic rings. The largest absolute Gasteiger partial charge is 0.393 e. The van der Waals surface area contributed by atoms with Gasteiger partial charge in [0, 0.05) is 6.54 Å². The van der Waals surface area contributed by atoms with Crippen LogP contribution in [0.2, 0.25) is 0 Å². The van der Waals surface area contributed by atoms with Crippen LogP contribution in [0.3, 0.4) is 0 Å². The lowest BCUT2D eigenvalue weighted by molar-refractivity contribution is 0.00640. The minimum Gasteiger partial charge on any atom is -0.393 e. The smallest absolute Gasteiger partial charge is 0.0897 e. The summed E-state index contributed by atoms with van der Waals surface area (Å²) in [6.07, 6.45) is 1.20. The third kappa shape index (κ3) is 11.8. The molecule has 0 fully saturated rings. The van der Waals surface area contributed by atoms with Gasteiger partial charge in [-0.05, 0) is 40.2 Å². The summed E-state index contributed by atoms with van der Waals surface area (Å²) in [5, 5.41) is 21.6. The molecule has 0 spiro atoms. The van der Waals surface area contributed by atoms with Crippen molar-refractivity contribution in [3.8, 4) is 0 Å². The highest BCUT2D eigenvalue weighted by Gasteiger charge is 2.04. The fraction of sp³-hybridized carbons (Fsp3) is 1.00. The number of rotatable bonds is 9. The molecular formula is C11H25NO3. The Balaban J connectivity index is 3.20. The second-order valence-electron chi connectivity index (χ2n) is 4.23. The topological polar surface area (TPSA) is 61.7 Å². The number of hydrogen-bond acceptors (Lipinski definition) is 4. The van der Waals surface area contributed by atoms with Gasteiger partial charge in [-0.15, -0.1) is 0 Å². The predicted molar refractivity (Wildman–Crippen MR) is 60.9 cm³/mol. The summed E-state index contributed by atoms with van der Waals surface area (Å²) in [7, 11) is 0. The van der Waals surface area contributed by atoms with Gasteiger partial charge in [-0.25, -0.2) is 0 Å². The van der Waals surface area contributed by atoms with Crippen LogP contribution >= 0.6 is 0 Å². The Bertz CT molecular complexity index is 140. The van der Waals surface area contributed by atoms with Gasteiger partial charge in [-0.3, -0.25) is 0 Å². The molecule has 0 aliphatic carbocycles. The van der Waals surface area contributed by atoms with Crippen LogP contribution in [0.4, 0.5) is 0 Å². The molecule has 0 rings (SSSR count). The maximum absolute atomic E-state index is 9.47. The molecule has 0 bridgehead atoms. The second-order valence-corrected chi connectivity index (χ2v) is 4.23. The van der Waals surface area contributed by atoms with E-state index in [9.17, 15) is 5.11 Å². The van der Waals surface area contributed by atoms with Gasteiger partial charge in [0.25, 0.3) is 0 Å². The van der Waals surface area contributed by atoms with Crippen LogP contribution < -0.4 is 5.32 Å². The lowest BCUT2D eigenvalue weighted by Gasteiger charge is -2.14. The van der Waals surface area contributed by atoms with E-state index in [4.69, 9.17) is 9.84 Å². The molecule has 0 saturated carbocycles. The molecule has 0 aromatic carbocycles. The summed E-state index contributed by atoms with van der Waals surface area (Å²) in [4.78, 5) is 0. The third-order valence-corrected chi connectivity index (χ3v) is 1.98. The molecule has 4 nitrogen and oxygen atoms in total. The molecule has 0 heterocycles. The van der Waals surface area contributed by atoms with E-state index in [2.05, 4.69) is 5.32 Å². The molecule has 0 aliphatic heterocycles. The van der Waals surface area contributed by atoms with E-state index in [0.29, 0.717) is 13.2 Å². The van der Waals surface area contributed by atoms with E-state index in [0.717, 1.165) is 19.4 Å². The Morgan fingerprint density at radius 2 is 1.87 bits per heavy atom. The van der Waals surface area contributed by atoms with Gasteiger partial charge < -0.3 is 20.3 Å². The minimum atomic E-state index is -0.445. The monoisotopic (exact) mass is 219 g/mol. The third-order valence-electron chi connectivity index (χ3n) is 1.98. The molecule has 2 unspecified atom stereocenters. The van der Waals surface area contributed by atoms with Crippen LogP contribution in [-0.2, 0) is 4.74 Å². The van der Waals surface area contributed by atoms with Crippen LogP contribution in [0.15, 0.2) is 0 Å². The molecule has 0 aliphatic rings. The molecule has 2 atom stereocenters. The number of ether oxygens (including phenoxy) is 1. The molecule has 15 heavy (non-hydrogen) atoms. The molecule has 0 radical (unpaired) electrons. The van der Waals surface area contributed by atoms with E-state index in [1.54, 1.807) is 6.92 Å². The lowest BCUT2D eigenvalue weighted by Crippen LogP contribution is -2.32. The Labute approximate surface area is 92.6 Å². The quantitative estimate of drug-likeness (QED) is 0.495. The molecule has 0 saturated heterocycles. The summed E-state index contributed by atoms with van der Waals surface area (Å²) in [5.74, 6) is 0. The van der Waals surface area contributed by atoms with E-state index in [1.165, 1.54) is 0 Å². The first kappa shape index (κ1) is 14.8. The highest BCUT2D eigenvalue weighted by Crippen LogP contribution is 1.94. The van der Waals surface area contributed by atoms with Crippen molar-refractivity contribution >= 4 is 0 Å². The van der Waals surface area contributed by atoms with Crippen molar-refractivity contribution in [1.29, 1.82) is 0 Å². The van der Waals surface area contributed by atoms with Crippen molar-refractivity contribution < 1.29 is 14.9 Å². The second kappa shape index (κ2) is 9.09. The molecular weight excluding hydrogens is 194 g/mol. The molecule has 3 N–H and O–H groups in total. The van der Waals surface area contributed by atoms with Crippen molar-refractivity contribution in [2.75, 3.05) is 19.7 Å². The summed E-state index contributed by atoms with van der Waals surface area (Å²) in [6, 6.07) is 0. The zero-order chi connectivity index (χ0) is 11.7. The molecule has 4 heteroatoms. The summed E-state index contributed by atoms with van der Waals surface area (Å²) >= 11 is 0. The van der Waals surface area contributed by atoms with Crippen LogP contribution in [-0.4, -0.2) is 48.2 Å². The predicted octanol–water partition coefficient (Wildman–Crippen LogP) is 0.523. The SMILES string of the molecule is CC(O)CCCNCC(O)COC(C)C. The highest BCUT2D eigenvalue weighted by atomic mass is 16.5. The van der Waals surface area contributed by atoms with E-state index in [1.807, 2.05) is 13.8 Å². The van der Waals surface area contributed by atoms with Gasteiger partial charge in [0.2, 0.25) is 0 Å². The summed E-state index contributed by atoms with van der Waals surface area (Å²) in [6.45, 7) is 7.42. The highest BCUT2D eigenvalue weighted by molar-refractivity contribution is 4.59. The van der Waals surface area contributed by atoms with Gasteiger partial charge >= 0.3 is 0 Å². The summed E-state index contributed by atoms with van der Waals surface area (Å²) in [5.41, 5.74) is 0. The first-order valence-electron chi connectivity index (χ1n) is 5.70. The first-order chi connectivity index (χ1) is 7.02. The van der Waals surface area contributed by atoms with Crippen molar-refractivity contribution in [2.45, 2.75) is 51.9 Å². The van der Waals surface area contributed by atoms with E-state index in [-0.39, 0.29) is 12.2 Å². The van der Waals surface area contributed by atoms with Gasteiger partial charge in [0.15, 0.2) is 0 Å². The van der Waals surface area contributed by atoms with Crippen molar-refractivity contribution in [1.82, 2.24) is 5.32 Å². The number of aliphatic hydroxyl groups is 2.